The van der Waals surface area contributed by atoms with Crippen LogP contribution in [0.4, 0.5) is 0 Å². The smallest absolute Gasteiger partial charge is 0.152 e. The first-order valence-corrected chi connectivity index (χ1v) is 2.51. The van der Waals surface area contributed by atoms with Gasteiger partial charge in [0.15, 0.2) is 5.82 Å². The van der Waals surface area contributed by atoms with E-state index in [2.05, 4.69) is 23.4 Å². The van der Waals surface area contributed by atoms with Gasteiger partial charge in [-0.2, -0.15) is 5.10 Å². The minimum Gasteiger partial charge on any atom is -0.236 e. The number of nitrogens with zero attached hydrogens (tertiary/aromatic N) is 3. The maximum atomic E-state index is 3.92. The molecule has 0 N–H and O–H groups in total. The van der Waals surface area contributed by atoms with Crippen molar-refractivity contribution in [3.05, 3.63) is 24.8 Å². The summed E-state index contributed by atoms with van der Waals surface area (Å²) in [6, 6.07) is 0. The molecule has 0 fully saturated rings. The van der Waals surface area contributed by atoms with E-state index in [1.165, 1.54) is 0 Å². The van der Waals surface area contributed by atoms with Gasteiger partial charge in [0.05, 0.1) is 0 Å². The van der Waals surface area contributed by atoms with Gasteiger partial charge in [0.2, 0.25) is 0 Å². The van der Waals surface area contributed by atoms with E-state index in [0.717, 1.165) is 0 Å². The Hall–Kier alpha value is -1.38. The summed E-state index contributed by atoms with van der Waals surface area (Å²) in [5.74, 6) is 0.713. The van der Waals surface area contributed by atoms with Crippen LogP contribution in [0.1, 0.15) is 5.82 Å². The van der Waals surface area contributed by atoms with E-state index >= 15 is 0 Å². The number of rotatable bonds is 2. The molecule has 1 aromatic rings. The fraction of sp³-hybridized carbons (Fsp3) is 0. The van der Waals surface area contributed by atoms with Crippen molar-refractivity contribution in [3.63, 3.8) is 0 Å². The lowest BCUT2D eigenvalue weighted by atomic mass is 10.6. The Kier molecular flexibility index (Phi) is 1.44. The van der Waals surface area contributed by atoms with Gasteiger partial charge < -0.3 is 0 Å². The SMILES string of the molecule is C=Cc1nccn1N=C. The van der Waals surface area contributed by atoms with E-state index in [-0.39, 0.29) is 0 Å². The molecular formula is C6H7N3. The Labute approximate surface area is 53.3 Å². The van der Waals surface area contributed by atoms with E-state index in [9.17, 15) is 0 Å². The number of imidazole rings is 1. The zero-order chi connectivity index (χ0) is 6.69. The highest BCUT2D eigenvalue weighted by Crippen LogP contribution is 1.96. The van der Waals surface area contributed by atoms with Crippen LogP contribution in [-0.2, 0) is 0 Å². The van der Waals surface area contributed by atoms with Gasteiger partial charge in [0.1, 0.15) is 0 Å². The lowest BCUT2D eigenvalue weighted by molar-refractivity contribution is 0.872. The number of hydrogen-bond donors (Lipinski definition) is 0. The first kappa shape index (κ1) is 5.75. The molecule has 0 atom stereocenters. The van der Waals surface area contributed by atoms with Gasteiger partial charge in [-0.3, -0.25) is 0 Å². The molecule has 1 aromatic heterocycles. The predicted octanol–water partition coefficient (Wildman–Crippen LogP) is 0.990. The van der Waals surface area contributed by atoms with E-state index in [4.69, 9.17) is 0 Å². The zero-order valence-corrected chi connectivity index (χ0v) is 4.99. The normalized spacial score (nSPS) is 8.89. The topological polar surface area (TPSA) is 30.2 Å². The lowest BCUT2D eigenvalue weighted by Crippen LogP contribution is -1.87. The first-order valence-electron chi connectivity index (χ1n) is 2.51. The molecule has 0 aromatic carbocycles. The summed E-state index contributed by atoms with van der Waals surface area (Å²) >= 11 is 0. The highest BCUT2D eigenvalue weighted by molar-refractivity contribution is 5.37. The molecular weight excluding hydrogens is 114 g/mol. The standard InChI is InChI=1S/C6H7N3/c1-3-6-8-4-5-9(6)7-2/h3-5H,1-2H2. The van der Waals surface area contributed by atoms with E-state index < -0.39 is 0 Å². The molecule has 3 nitrogen and oxygen atoms in total. The molecule has 0 aliphatic heterocycles. The third kappa shape index (κ3) is 0.887. The lowest BCUT2D eigenvalue weighted by Gasteiger charge is -1.90. The van der Waals surface area contributed by atoms with E-state index in [1.54, 1.807) is 23.1 Å². The molecule has 3 heteroatoms. The van der Waals surface area contributed by atoms with Crippen LogP contribution in [0.5, 0.6) is 0 Å². The predicted molar refractivity (Wildman–Crippen MR) is 37.3 cm³/mol. The molecule has 0 aliphatic carbocycles. The Bertz CT molecular complexity index is 201. The summed E-state index contributed by atoms with van der Waals surface area (Å²) in [6.45, 7) is 6.88. The highest BCUT2D eigenvalue weighted by atomic mass is 15.4. The first-order chi connectivity index (χ1) is 4.38. The highest BCUT2D eigenvalue weighted by Gasteiger charge is 1.90. The summed E-state index contributed by atoms with van der Waals surface area (Å²) in [7, 11) is 0. The number of hydrogen-bond acceptors (Lipinski definition) is 2. The van der Waals surface area contributed by atoms with Crippen LogP contribution in [-0.4, -0.2) is 16.4 Å². The molecule has 0 unspecified atom stereocenters. The maximum absolute atomic E-state index is 3.92. The summed E-state index contributed by atoms with van der Waals surface area (Å²) in [5, 5.41) is 3.63. The molecule has 1 rings (SSSR count). The minimum absolute atomic E-state index is 0.713. The second kappa shape index (κ2) is 2.26. The van der Waals surface area contributed by atoms with Gasteiger partial charge in [-0.1, -0.05) is 6.58 Å². The van der Waals surface area contributed by atoms with Crippen molar-refractivity contribution in [2.75, 3.05) is 0 Å². The van der Waals surface area contributed by atoms with Crippen molar-refractivity contribution in [1.82, 2.24) is 9.66 Å². The largest absolute Gasteiger partial charge is 0.236 e. The average Bonchev–Trinajstić information content (AvgIpc) is 2.33. The van der Waals surface area contributed by atoms with Crippen LogP contribution in [0.3, 0.4) is 0 Å². The van der Waals surface area contributed by atoms with Gasteiger partial charge in [0, 0.05) is 19.1 Å². The second-order valence-electron chi connectivity index (χ2n) is 1.48. The summed E-state index contributed by atoms with van der Waals surface area (Å²) in [5.41, 5.74) is 0. The molecule has 0 amide bonds. The van der Waals surface area contributed by atoms with Crippen LogP contribution < -0.4 is 0 Å². The Morgan fingerprint density at radius 2 is 2.56 bits per heavy atom. The van der Waals surface area contributed by atoms with Gasteiger partial charge in [-0.15, -0.1) is 0 Å². The molecule has 0 aliphatic rings. The molecule has 1 heterocycles. The molecule has 0 radical (unpaired) electrons. The Balaban J connectivity index is 3.12. The maximum Gasteiger partial charge on any atom is 0.152 e. The second-order valence-corrected chi connectivity index (χ2v) is 1.48. The fourth-order valence-electron chi connectivity index (χ4n) is 0.574. The van der Waals surface area contributed by atoms with Crippen molar-refractivity contribution < 1.29 is 0 Å². The summed E-state index contributed by atoms with van der Waals surface area (Å²) in [6.07, 6.45) is 4.98. The molecule has 0 spiro atoms. The minimum atomic E-state index is 0.713. The summed E-state index contributed by atoms with van der Waals surface area (Å²) in [4.78, 5) is 3.92. The van der Waals surface area contributed by atoms with E-state index in [0.29, 0.717) is 5.82 Å². The molecule has 0 bridgehead atoms. The molecule has 9 heavy (non-hydrogen) atoms. The van der Waals surface area contributed by atoms with Crippen molar-refractivity contribution >= 4 is 12.8 Å². The summed E-state index contributed by atoms with van der Waals surface area (Å²) < 4.78 is 1.55. The fourth-order valence-corrected chi connectivity index (χ4v) is 0.574. The van der Waals surface area contributed by atoms with Crippen LogP contribution in [0.2, 0.25) is 0 Å². The van der Waals surface area contributed by atoms with Crippen LogP contribution in [0.15, 0.2) is 24.1 Å². The zero-order valence-electron chi connectivity index (χ0n) is 4.99. The van der Waals surface area contributed by atoms with Crippen LogP contribution in [0.25, 0.3) is 6.08 Å². The van der Waals surface area contributed by atoms with Crippen LogP contribution in [0, 0.1) is 0 Å². The average molecular weight is 121 g/mol. The third-order valence-corrected chi connectivity index (χ3v) is 0.984. The van der Waals surface area contributed by atoms with Crippen molar-refractivity contribution in [1.29, 1.82) is 0 Å². The van der Waals surface area contributed by atoms with Crippen molar-refractivity contribution in [2.45, 2.75) is 0 Å². The van der Waals surface area contributed by atoms with Crippen LogP contribution >= 0.6 is 0 Å². The molecule has 46 valence electrons. The van der Waals surface area contributed by atoms with Crippen molar-refractivity contribution in [2.24, 2.45) is 5.10 Å². The van der Waals surface area contributed by atoms with Gasteiger partial charge >= 0.3 is 0 Å². The quantitative estimate of drug-likeness (QED) is 0.536. The van der Waals surface area contributed by atoms with Gasteiger partial charge in [-0.25, -0.2) is 9.66 Å². The van der Waals surface area contributed by atoms with Gasteiger partial charge in [0.25, 0.3) is 0 Å². The monoisotopic (exact) mass is 121 g/mol. The Morgan fingerprint density at radius 3 is 3.00 bits per heavy atom. The Morgan fingerprint density at radius 1 is 1.78 bits per heavy atom. The third-order valence-electron chi connectivity index (χ3n) is 0.984. The van der Waals surface area contributed by atoms with E-state index in [1.807, 2.05) is 0 Å². The van der Waals surface area contributed by atoms with Crippen molar-refractivity contribution in [3.8, 4) is 0 Å². The molecule has 0 saturated heterocycles. The number of aromatic nitrogens is 2. The van der Waals surface area contributed by atoms with Gasteiger partial charge in [-0.05, 0) is 6.08 Å². The molecule has 0 saturated carbocycles.